The summed E-state index contributed by atoms with van der Waals surface area (Å²) in [6.45, 7) is 4.80. The van der Waals surface area contributed by atoms with Crippen molar-refractivity contribution in [3.8, 4) is 0 Å². The van der Waals surface area contributed by atoms with E-state index in [0.717, 1.165) is 0 Å². The SMILES string of the molecule is CC(C)(C)C(NC=O)S(=O)(=O)O. The summed E-state index contributed by atoms with van der Waals surface area (Å²) in [7, 11) is -4.23. The lowest BCUT2D eigenvalue weighted by molar-refractivity contribution is -0.110. The van der Waals surface area contributed by atoms with Gasteiger partial charge in [0.2, 0.25) is 6.41 Å². The van der Waals surface area contributed by atoms with E-state index in [4.69, 9.17) is 4.55 Å². The maximum Gasteiger partial charge on any atom is 0.286 e. The number of hydrogen-bond acceptors (Lipinski definition) is 3. The first-order chi connectivity index (χ1) is 5.19. The minimum absolute atomic E-state index is 0.254. The molecule has 72 valence electrons. The smallest absolute Gasteiger partial charge is 0.286 e. The summed E-state index contributed by atoms with van der Waals surface area (Å²) in [4.78, 5) is 10.0. The van der Waals surface area contributed by atoms with E-state index in [1.165, 1.54) is 0 Å². The lowest BCUT2D eigenvalue weighted by Gasteiger charge is -2.26. The van der Waals surface area contributed by atoms with Crippen molar-refractivity contribution in [1.82, 2.24) is 5.32 Å². The first-order valence-electron chi connectivity index (χ1n) is 3.35. The molecular weight excluding hydrogens is 182 g/mol. The van der Waals surface area contributed by atoms with E-state index in [-0.39, 0.29) is 6.41 Å². The molecule has 0 rings (SSSR count). The molecule has 1 unspecified atom stereocenters. The Morgan fingerprint density at radius 3 is 1.92 bits per heavy atom. The summed E-state index contributed by atoms with van der Waals surface area (Å²) in [5.74, 6) is 0. The Bertz CT molecular complexity index is 251. The highest BCUT2D eigenvalue weighted by atomic mass is 32.2. The summed E-state index contributed by atoms with van der Waals surface area (Å²) < 4.78 is 30.1. The first kappa shape index (κ1) is 11.4. The second-order valence-corrected chi connectivity index (χ2v) is 5.05. The van der Waals surface area contributed by atoms with Gasteiger partial charge in [0.1, 0.15) is 0 Å². The van der Waals surface area contributed by atoms with Crippen molar-refractivity contribution in [3.63, 3.8) is 0 Å². The summed E-state index contributed by atoms with van der Waals surface area (Å²) in [5, 5.41) is 0.782. The molecule has 0 bridgehead atoms. The predicted molar refractivity (Wildman–Crippen MR) is 44.0 cm³/mol. The average Bonchev–Trinajstić information content (AvgIpc) is 1.77. The van der Waals surface area contributed by atoms with Gasteiger partial charge < -0.3 is 5.32 Å². The van der Waals surface area contributed by atoms with Gasteiger partial charge in [-0.25, -0.2) is 0 Å². The summed E-state index contributed by atoms with van der Waals surface area (Å²) in [5.41, 5.74) is -0.728. The zero-order chi connectivity index (χ0) is 9.99. The van der Waals surface area contributed by atoms with Gasteiger partial charge in [-0.05, 0) is 5.41 Å². The van der Waals surface area contributed by atoms with Crippen LogP contribution in [0, 0.1) is 5.41 Å². The Morgan fingerprint density at radius 1 is 1.42 bits per heavy atom. The van der Waals surface area contributed by atoms with Crippen LogP contribution in [0.3, 0.4) is 0 Å². The molecule has 0 radical (unpaired) electrons. The van der Waals surface area contributed by atoms with Crippen LogP contribution in [0.15, 0.2) is 0 Å². The largest absolute Gasteiger partial charge is 0.340 e. The van der Waals surface area contributed by atoms with Crippen LogP contribution in [0.1, 0.15) is 20.8 Å². The number of carbonyl (C=O) groups is 1. The molecule has 1 atom stereocenters. The van der Waals surface area contributed by atoms with E-state index < -0.39 is 20.9 Å². The molecule has 0 aromatic carbocycles. The highest BCUT2D eigenvalue weighted by molar-refractivity contribution is 7.86. The van der Waals surface area contributed by atoms with E-state index in [1.54, 1.807) is 20.8 Å². The Hall–Kier alpha value is -0.620. The van der Waals surface area contributed by atoms with Crippen molar-refractivity contribution in [1.29, 1.82) is 0 Å². The van der Waals surface area contributed by atoms with Crippen LogP contribution in [0.4, 0.5) is 0 Å². The molecule has 0 spiro atoms. The Morgan fingerprint density at radius 2 is 1.83 bits per heavy atom. The highest BCUT2D eigenvalue weighted by Crippen LogP contribution is 2.22. The van der Waals surface area contributed by atoms with Gasteiger partial charge in [-0.15, -0.1) is 0 Å². The van der Waals surface area contributed by atoms with Crippen molar-refractivity contribution in [2.75, 3.05) is 0 Å². The number of rotatable bonds is 3. The molecular formula is C6H13NO4S. The topological polar surface area (TPSA) is 83.5 Å². The quantitative estimate of drug-likeness (QED) is 0.490. The molecule has 0 saturated carbocycles. The normalized spacial score (nSPS) is 15.3. The fourth-order valence-electron chi connectivity index (χ4n) is 0.845. The highest BCUT2D eigenvalue weighted by Gasteiger charge is 2.34. The fraction of sp³-hybridized carbons (Fsp3) is 0.833. The van der Waals surface area contributed by atoms with Crippen molar-refractivity contribution in [2.24, 2.45) is 5.41 Å². The Kier molecular flexibility index (Phi) is 3.23. The molecule has 0 heterocycles. The van der Waals surface area contributed by atoms with Crippen LogP contribution < -0.4 is 5.32 Å². The maximum absolute atomic E-state index is 10.7. The van der Waals surface area contributed by atoms with Gasteiger partial charge in [-0.2, -0.15) is 8.42 Å². The number of hydrogen-bond donors (Lipinski definition) is 2. The average molecular weight is 195 g/mol. The minimum Gasteiger partial charge on any atom is -0.340 e. The molecule has 0 aromatic rings. The van der Waals surface area contributed by atoms with Crippen molar-refractivity contribution in [3.05, 3.63) is 0 Å². The summed E-state index contributed by atoms with van der Waals surface area (Å²) in [6, 6.07) is 0. The van der Waals surface area contributed by atoms with Gasteiger partial charge >= 0.3 is 0 Å². The van der Waals surface area contributed by atoms with Crippen LogP contribution in [0.2, 0.25) is 0 Å². The monoisotopic (exact) mass is 195 g/mol. The van der Waals surface area contributed by atoms with Gasteiger partial charge in [-0.1, -0.05) is 20.8 Å². The summed E-state index contributed by atoms with van der Waals surface area (Å²) in [6.07, 6.45) is 0.254. The molecule has 6 heteroatoms. The molecule has 1 amide bonds. The minimum atomic E-state index is -4.23. The van der Waals surface area contributed by atoms with Crippen LogP contribution >= 0.6 is 0 Å². The van der Waals surface area contributed by atoms with E-state index in [1.807, 2.05) is 5.32 Å². The summed E-state index contributed by atoms with van der Waals surface area (Å²) >= 11 is 0. The molecule has 0 fully saturated rings. The number of carbonyl (C=O) groups excluding carboxylic acids is 1. The van der Waals surface area contributed by atoms with Crippen LogP contribution in [-0.2, 0) is 14.9 Å². The van der Waals surface area contributed by atoms with E-state index in [2.05, 4.69) is 0 Å². The molecule has 0 saturated heterocycles. The molecule has 2 N–H and O–H groups in total. The third kappa shape index (κ3) is 3.19. The van der Waals surface area contributed by atoms with Crippen molar-refractivity contribution < 1.29 is 17.8 Å². The Balaban J connectivity index is 4.81. The van der Waals surface area contributed by atoms with Crippen LogP contribution in [0.25, 0.3) is 0 Å². The molecule has 0 aliphatic carbocycles. The second kappa shape index (κ2) is 3.40. The number of amides is 1. The van der Waals surface area contributed by atoms with E-state index >= 15 is 0 Å². The zero-order valence-electron chi connectivity index (χ0n) is 7.23. The molecule has 0 aliphatic rings. The lowest BCUT2D eigenvalue weighted by Crippen LogP contribution is -2.45. The third-order valence-corrected chi connectivity index (χ3v) is 2.74. The molecule has 12 heavy (non-hydrogen) atoms. The third-order valence-electron chi connectivity index (χ3n) is 1.30. The van der Waals surface area contributed by atoms with Gasteiger partial charge in [0, 0.05) is 0 Å². The first-order valence-corrected chi connectivity index (χ1v) is 4.86. The van der Waals surface area contributed by atoms with Gasteiger partial charge in [0.25, 0.3) is 10.1 Å². The zero-order valence-corrected chi connectivity index (χ0v) is 8.05. The van der Waals surface area contributed by atoms with Crippen molar-refractivity contribution >= 4 is 16.5 Å². The maximum atomic E-state index is 10.7. The van der Waals surface area contributed by atoms with Gasteiger partial charge in [-0.3, -0.25) is 9.35 Å². The van der Waals surface area contributed by atoms with Gasteiger partial charge in [0.05, 0.1) is 0 Å². The number of nitrogens with one attached hydrogen (secondary N) is 1. The second-order valence-electron chi connectivity index (χ2n) is 3.55. The predicted octanol–water partition coefficient (Wildman–Crippen LogP) is -0.00760. The van der Waals surface area contributed by atoms with E-state index in [9.17, 15) is 13.2 Å². The standard InChI is InChI=1S/C6H13NO4S/c1-6(2,3)5(7-4-8)12(9,10)11/h4-5H,1-3H3,(H,7,8)(H,9,10,11). The molecule has 0 aliphatic heterocycles. The molecule has 0 aromatic heterocycles. The fourth-order valence-corrected chi connectivity index (χ4v) is 1.97. The van der Waals surface area contributed by atoms with Gasteiger partial charge in [0.15, 0.2) is 5.37 Å². The molecule has 5 nitrogen and oxygen atoms in total. The van der Waals surface area contributed by atoms with Crippen LogP contribution in [-0.4, -0.2) is 24.8 Å². The van der Waals surface area contributed by atoms with Crippen LogP contribution in [0.5, 0.6) is 0 Å². The van der Waals surface area contributed by atoms with Crippen molar-refractivity contribution in [2.45, 2.75) is 26.1 Å². The van der Waals surface area contributed by atoms with E-state index in [0.29, 0.717) is 0 Å². The lowest BCUT2D eigenvalue weighted by atomic mass is 9.97. The Labute approximate surface area is 71.9 Å².